The standard InChI is InChI=1S/C18H31N3O3/c1-15(24-17-11-7-6-10-16(17)23-4)14-21-18(19-2)20-12-8-5-9-13-22-3/h6-7,10-11,15H,5,8-9,12-14H2,1-4H3,(H2,19,20,21). The fourth-order valence-electron chi connectivity index (χ4n) is 2.19. The van der Waals surface area contributed by atoms with E-state index in [1.807, 2.05) is 31.2 Å². The Kier molecular flexibility index (Phi) is 10.4. The highest BCUT2D eigenvalue weighted by Crippen LogP contribution is 2.26. The molecule has 6 nitrogen and oxygen atoms in total. The molecule has 1 aromatic carbocycles. The molecule has 1 atom stereocenters. The largest absolute Gasteiger partial charge is 0.493 e. The maximum Gasteiger partial charge on any atom is 0.191 e. The second-order valence-corrected chi connectivity index (χ2v) is 5.51. The van der Waals surface area contributed by atoms with E-state index in [4.69, 9.17) is 14.2 Å². The zero-order valence-corrected chi connectivity index (χ0v) is 15.3. The molecule has 1 unspecified atom stereocenters. The van der Waals surface area contributed by atoms with Crippen molar-refractivity contribution in [3.05, 3.63) is 24.3 Å². The zero-order chi connectivity index (χ0) is 17.6. The molecule has 0 aliphatic carbocycles. The predicted octanol–water partition coefficient (Wildman–Crippen LogP) is 2.44. The number of rotatable bonds is 11. The van der Waals surface area contributed by atoms with Crippen LogP contribution in [0.5, 0.6) is 11.5 Å². The Labute approximate surface area is 145 Å². The molecule has 0 radical (unpaired) electrons. The summed E-state index contributed by atoms with van der Waals surface area (Å²) in [6, 6.07) is 7.65. The lowest BCUT2D eigenvalue weighted by Gasteiger charge is -2.19. The lowest BCUT2D eigenvalue weighted by molar-refractivity contribution is 0.192. The first-order valence-corrected chi connectivity index (χ1v) is 8.44. The highest BCUT2D eigenvalue weighted by Gasteiger charge is 2.09. The smallest absolute Gasteiger partial charge is 0.191 e. The molecule has 0 aromatic heterocycles. The molecule has 2 N–H and O–H groups in total. The summed E-state index contributed by atoms with van der Waals surface area (Å²) < 4.78 is 16.3. The minimum atomic E-state index is -0.0125. The minimum absolute atomic E-state index is 0.0125. The van der Waals surface area contributed by atoms with Crippen molar-refractivity contribution >= 4 is 5.96 Å². The first-order chi connectivity index (χ1) is 11.7. The molecular formula is C18H31N3O3. The van der Waals surface area contributed by atoms with Gasteiger partial charge in [-0.15, -0.1) is 0 Å². The third-order valence-corrected chi connectivity index (χ3v) is 3.50. The summed E-state index contributed by atoms with van der Waals surface area (Å²) in [5.74, 6) is 2.27. The van der Waals surface area contributed by atoms with Crippen LogP contribution in [0.2, 0.25) is 0 Å². The van der Waals surface area contributed by atoms with E-state index in [2.05, 4.69) is 15.6 Å². The SMILES string of the molecule is CN=C(NCCCCCOC)NCC(C)Oc1ccccc1OC. The quantitative estimate of drug-likeness (QED) is 0.369. The normalized spacial score (nSPS) is 12.6. The number of para-hydroxylation sites is 2. The van der Waals surface area contributed by atoms with Crippen LogP contribution < -0.4 is 20.1 Å². The molecule has 0 bridgehead atoms. The van der Waals surface area contributed by atoms with Gasteiger partial charge in [0.25, 0.3) is 0 Å². The van der Waals surface area contributed by atoms with Crippen LogP contribution in [0.4, 0.5) is 0 Å². The first-order valence-electron chi connectivity index (χ1n) is 8.44. The first kappa shape index (κ1) is 20.1. The zero-order valence-electron chi connectivity index (χ0n) is 15.3. The van der Waals surface area contributed by atoms with Gasteiger partial charge in [-0.05, 0) is 38.3 Å². The van der Waals surface area contributed by atoms with Crippen LogP contribution in [-0.4, -0.2) is 53.0 Å². The summed E-state index contributed by atoms with van der Waals surface area (Å²) in [5.41, 5.74) is 0. The topological polar surface area (TPSA) is 64.1 Å². The molecule has 136 valence electrons. The third-order valence-electron chi connectivity index (χ3n) is 3.50. The number of nitrogens with one attached hydrogen (secondary N) is 2. The molecule has 0 heterocycles. The van der Waals surface area contributed by atoms with Gasteiger partial charge in [0, 0.05) is 27.3 Å². The summed E-state index contributed by atoms with van der Waals surface area (Å²) in [7, 11) is 5.15. The van der Waals surface area contributed by atoms with Crippen LogP contribution in [0.1, 0.15) is 26.2 Å². The van der Waals surface area contributed by atoms with Crippen molar-refractivity contribution in [3.8, 4) is 11.5 Å². The van der Waals surface area contributed by atoms with Gasteiger partial charge in [0.05, 0.1) is 13.7 Å². The van der Waals surface area contributed by atoms with Crippen molar-refractivity contribution in [2.45, 2.75) is 32.3 Å². The maximum atomic E-state index is 5.92. The fraction of sp³-hybridized carbons (Fsp3) is 0.611. The molecular weight excluding hydrogens is 306 g/mol. The van der Waals surface area contributed by atoms with E-state index in [0.717, 1.165) is 49.9 Å². The molecule has 1 aromatic rings. The highest BCUT2D eigenvalue weighted by molar-refractivity contribution is 5.79. The number of aliphatic imine (C=N–C) groups is 1. The van der Waals surface area contributed by atoms with Gasteiger partial charge >= 0.3 is 0 Å². The predicted molar refractivity (Wildman–Crippen MR) is 98.2 cm³/mol. The molecule has 0 aliphatic heterocycles. The number of benzene rings is 1. The van der Waals surface area contributed by atoms with Gasteiger partial charge in [0.1, 0.15) is 6.10 Å². The van der Waals surface area contributed by atoms with E-state index in [9.17, 15) is 0 Å². The van der Waals surface area contributed by atoms with Crippen molar-refractivity contribution in [1.29, 1.82) is 0 Å². The minimum Gasteiger partial charge on any atom is -0.493 e. The number of methoxy groups -OCH3 is 2. The van der Waals surface area contributed by atoms with E-state index in [1.165, 1.54) is 0 Å². The lowest BCUT2D eigenvalue weighted by Crippen LogP contribution is -2.42. The summed E-state index contributed by atoms with van der Waals surface area (Å²) in [5, 5.41) is 6.58. The lowest BCUT2D eigenvalue weighted by atomic mass is 10.2. The summed E-state index contributed by atoms with van der Waals surface area (Å²) in [4.78, 5) is 4.22. The van der Waals surface area contributed by atoms with E-state index >= 15 is 0 Å². The Balaban J connectivity index is 2.27. The van der Waals surface area contributed by atoms with Crippen LogP contribution >= 0.6 is 0 Å². The monoisotopic (exact) mass is 337 g/mol. The van der Waals surface area contributed by atoms with Gasteiger partial charge < -0.3 is 24.8 Å². The van der Waals surface area contributed by atoms with Crippen LogP contribution in [0.3, 0.4) is 0 Å². The van der Waals surface area contributed by atoms with Gasteiger partial charge in [-0.1, -0.05) is 12.1 Å². The molecule has 0 fully saturated rings. The van der Waals surface area contributed by atoms with E-state index in [0.29, 0.717) is 6.54 Å². The molecule has 6 heteroatoms. The Bertz CT molecular complexity index is 480. The molecule has 1 rings (SSSR count). The van der Waals surface area contributed by atoms with Crippen molar-refractivity contribution in [1.82, 2.24) is 10.6 Å². The van der Waals surface area contributed by atoms with Crippen molar-refractivity contribution in [2.24, 2.45) is 4.99 Å². The Morgan fingerprint density at radius 1 is 1.08 bits per heavy atom. The second kappa shape index (κ2) is 12.5. The fourth-order valence-corrected chi connectivity index (χ4v) is 2.19. The van der Waals surface area contributed by atoms with E-state index < -0.39 is 0 Å². The molecule has 0 aliphatic rings. The molecule has 24 heavy (non-hydrogen) atoms. The van der Waals surface area contributed by atoms with Crippen LogP contribution in [0.15, 0.2) is 29.3 Å². The molecule has 0 saturated carbocycles. The number of hydrogen-bond acceptors (Lipinski definition) is 4. The van der Waals surface area contributed by atoms with Gasteiger partial charge in [-0.3, -0.25) is 4.99 Å². The average Bonchev–Trinajstić information content (AvgIpc) is 2.61. The van der Waals surface area contributed by atoms with Crippen LogP contribution in [-0.2, 0) is 4.74 Å². The molecule has 0 saturated heterocycles. The summed E-state index contributed by atoms with van der Waals surface area (Å²) in [6.07, 6.45) is 3.32. The van der Waals surface area contributed by atoms with Gasteiger partial charge in [-0.25, -0.2) is 0 Å². The highest BCUT2D eigenvalue weighted by atomic mass is 16.5. The van der Waals surface area contributed by atoms with Crippen molar-refractivity contribution in [3.63, 3.8) is 0 Å². The van der Waals surface area contributed by atoms with Gasteiger partial charge in [0.15, 0.2) is 17.5 Å². The average molecular weight is 337 g/mol. The summed E-state index contributed by atoms with van der Waals surface area (Å²) >= 11 is 0. The van der Waals surface area contributed by atoms with Crippen LogP contribution in [0, 0.1) is 0 Å². The Hall–Kier alpha value is -1.95. The third kappa shape index (κ3) is 8.06. The Morgan fingerprint density at radius 3 is 2.50 bits per heavy atom. The van der Waals surface area contributed by atoms with E-state index in [-0.39, 0.29) is 6.10 Å². The number of nitrogens with zero attached hydrogens (tertiary/aromatic N) is 1. The van der Waals surface area contributed by atoms with E-state index in [1.54, 1.807) is 21.3 Å². The summed E-state index contributed by atoms with van der Waals surface area (Å²) in [6.45, 7) is 4.38. The number of guanidine groups is 1. The number of unbranched alkanes of at least 4 members (excludes halogenated alkanes) is 2. The number of ether oxygens (including phenoxy) is 3. The molecule has 0 spiro atoms. The van der Waals surface area contributed by atoms with Gasteiger partial charge in [0.2, 0.25) is 0 Å². The molecule has 0 amide bonds. The number of hydrogen-bond donors (Lipinski definition) is 2. The second-order valence-electron chi connectivity index (χ2n) is 5.51. The maximum absolute atomic E-state index is 5.92. The van der Waals surface area contributed by atoms with Crippen LogP contribution in [0.25, 0.3) is 0 Å². The van der Waals surface area contributed by atoms with Gasteiger partial charge in [-0.2, -0.15) is 0 Å². The van der Waals surface area contributed by atoms with Crippen molar-refractivity contribution < 1.29 is 14.2 Å². The van der Waals surface area contributed by atoms with Crippen molar-refractivity contribution in [2.75, 3.05) is 41.0 Å². The Morgan fingerprint density at radius 2 is 1.83 bits per heavy atom.